The molecule has 0 rings (SSSR count). The van der Waals surface area contributed by atoms with Crippen molar-refractivity contribution in [2.24, 2.45) is 0 Å². The molecule has 0 aromatic carbocycles. The molecule has 0 aromatic rings. The fourth-order valence-electron chi connectivity index (χ4n) is 0. The molecule has 0 amide bonds. The molecule has 1 nitrogen and oxygen atoms in total. The molecule has 0 heterocycles. The normalized spacial score (nSPS) is 3.00. The standard InChI is InChI=1S/C3H3N.CH3/c1-2-3-4;/h2H,1H2;1H3. The van der Waals surface area contributed by atoms with Crippen LogP contribution >= 0.6 is 0 Å². The van der Waals surface area contributed by atoms with E-state index in [0.29, 0.717) is 0 Å². The fourth-order valence-corrected chi connectivity index (χ4v) is 0. The Morgan fingerprint density at radius 3 is 2.00 bits per heavy atom. The zero-order valence-corrected chi connectivity index (χ0v) is 3.23. The van der Waals surface area contributed by atoms with Gasteiger partial charge in [0.1, 0.15) is 0 Å². The number of nitrogens with zero attached hydrogens (tertiary/aromatic N) is 1. The lowest BCUT2D eigenvalue weighted by Crippen LogP contribution is -1.23. The van der Waals surface area contributed by atoms with E-state index >= 15 is 0 Å². The predicted octanol–water partition coefficient (Wildman–Crippen LogP) is 1.15. The van der Waals surface area contributed by atoms with Crippen molar-refractivity contribution in [3.8, 4) is 6.07 Å². The zero-order chi connectivity index (χ0) is 3.41. The molecule has 0 N–H and O–H groups in total. The van der Waals surface area contributed by atoms with Gasteiger partial charge in [0, 0.05) is 6.08 Å². The Kier molecular flexibility index (Phi) is 18.8. The van der Waals surface area contributed by atoms with Gasteiger partial charge >= 0.3 is 0 Å². The number of nitriles is 1. The highest BCUT2D eigenvalue weighted by Crippen LogP contribution is 1.41. The summed E-state index contributed by atoms with van der Waals surface area (Å²) >= 11 is 0. The smallest absolute Gasteiger partial charge is 0.0905 e. The molecule has 0 aliphatic rings. The third-order valence-electron chi connectivity index (χ3n) is 0.0913. The Labute approximate surface area is 32.5 Å². The Balaban J connectivity index is 0. The number of allylic oxidation sites excluding steroid dienone is 1. The van der Waals surface area contributed by atoms with Crippen LogP contribution in [0.15, 0.2) is 12.7 Å². The lowest BCUT2D eigenvalue weighted by molar-refractivity contribution is 1.54. The minimum atomic E-state index is 0. The van der Waals surface area contributed by atoms with Crippen molar-refractivity contribution < 1.29 is 0 Å². The molecule has 0 unspecified atom stereocenters. The van der Waals surface area contributed by atoms with Gasteiger partial charge in [0.2, 0.25) is 0 Å². The van der Waals surface area contributed by atoms with E-state index in [1.54, 1.807) is 6.07 Å². The van der Waals surface area contributed by atoms with Crippen LogP contribution in [-0.4, -0.2) is 0 Å². The van der Waals surface area contributed by atoms with Gasteiger partial charge in [0.25, 0.3) is 0 Å². The minimum Gasteiger partial charge on any atom is -0.193 e. The molecule has 0 aliphatic carbocycles. The van der Waals surface area contributed by atoms with Crippen molar-refractivity contribution in [3.05, 3.63) is 20.1 Å². The summed E-state index contributed by atoms with van der Waals surface area (Å²) in [5.74, 6) is 0. The molecule has 0 atom stereocenters. The van der Waals surface area contributed by atoms with E-state index in [0.717, 1.165) is 0 Å². The molecule has 0 saturated carbocycles. The quantitative estimate of drug-likeness (QED) is 0.390. The molecule has 0 bridgehead atoms. The molecular formula is C4H6N. The molecule has 0 saturated heterocycles. The highest BCUT2D eigenvalue weighted by molar-refractivity contribution is 4.93. The zero-order valence-electron chi connectivity index (χ0n) is 3.23. The van der Waals surface area contributed by atoms with Crippen LogP contribution < -0.4 is 0 Å². The van der Waals surface area contributed by atoms with Gasteiger partial charge in [-0.05, 0) is 0 Å². The fraction of sp³-hybridized carbons (Fsp3) is 0. The van der Waals surface area contributed by atoms with E-state index in [1.165, 1.54) is 6.08 Å². The summed E-state index contributed by atoms with van der Waals surface area (Å²) in [7, 11) is 0. The second-order valence-corrected chi connectivity index (χ2v) is 0.333. The summed E-state index contributed by atoms with van der Waals surface area (Å²) in [5.41, 5.74) is 0. The van der Waals surface area contributed by atoms with Crippen LogP contribution in [0.4, 0.5) is 0 Å². The number of hydrogen-bond acceptors (Lipinski definition) is 1. The van der Waals surface area contributed by atoms with Crippen LogP contribution in [0.1, 0.15) is 0 Å². The van der Waals surface area contributed by atoms with Crippen molar-refractivity contribution in [3.63, 3.8) is 0 Å². The first-order valence-electron chi connectivity index (χ1n) is 0.921. The van der Waals surface area contributed by atoms with Crippen LogP contribution in [0.5, 0.6) is 0 Å². The number of rotatable bonds is 0. The summed E-state index contributed by atoms with van der Waals surface area (Å²) in [6.07, 6.45) is 1.18. The second kappa shape index (κ2) is 10.6. The van der Waals surface area contributed by atoms with Gasteiger partial charge in [-0.2, -0.15) is 5.26 Å². The first-order chi connectivity index (χ1) is 1.91. The van der Waals surface area contributed by atoms with E-state index in [-0.39, 0.29) is 7.43 Å². The molecule has 0 spiro atoms. The average molecular weight is 68.1 g/mol. The predicted molar refractivity (Wildman–Crippen MR) is 22.2 cm³/mol. The Morgan fingerprint density at radius 2 is 2.00 bits per heavy atom. The molecule has 5 heavy (non-hydrogen) atoms. The van der Waals surface area contributed by atoms with Gasteiger partial charge in [-0.1, -0.05) is 14.0 Å². The van der Waals surface area contributed by atoms with E-state index in [9.17, 15) is 0 Å². The molecular weight excluding hydrogens is 62.1 g/mol. The first kappa shape index (κ1) is 8.87. The third-order valence-corrected chi connectivity index (χ3v) is 0.0913. The third kappa shape index (κ3) is 92.4. The molecule has 27 valence electrons. The maximum Gasteiger partial charge on any atom is 0.0905 e. The first-order valence-corrected chi connectivity index (χ1v) is 0.921. The maximum atomic E-state index is 7.51. The SMILES string of the molecule is C=CC#N.[CH3]. The summed E-state index contributed by atoms with van der Waals surface area (Å²) < 4.78 is 0. The van der Waals surface area contributed by atoms with E-state index in [1.807, 2.05) is 0 Å². The highest BCUT2D eigenvalue weighted by Gasteiger charge is 1.34. The minimum absolute atomic E-state index is 0. The van der Waals surface area contributed by atoms with Gasteiger partial charge in [0.15, 0.2) is 0 Å². The van der Waals surface area contributed by atoms with Crippen LogP contribution in [0.3, 0.4) is 0 Å². The van der Waals surface area contributed by atoms with E-state index in [2.05, 4.69) is 6.58 Å². The Hall–Kier alpha value is -0.770. The van der Waals surface area contributed by atoms with Crippen molar-refractivity contribution >= 4 is 0 Å². The van der Waals surface area contributed by atoms with Crippen LogP contribution in [0, 0.1) is 18.8 Å². The highest BCUT2D eigenvalue weighted by atomic mass is 14.2. The van der Waals surface area contributed by atoms with Crippen molar-refractivity contribution in [2.45, 2.75) is 0 Å². The van der Waals surface area contributed by atoms with Gasteiger partial charge in [-0.3, -0.25) is 0 Å². The van der Waals surface area contributed by atoms with Crippen molar-refractivity contribution in [1.82, 2.24) is 0 Å². The van der Waals surface area contributed by atoms with Crippen molar-refractivity contribution in [1.29, 1.82) is 5.26 Å². The largest absolute Gasteiger partial charge is 0.193 e. The lowest BCUT2D eigenvalue weighted by atomic mass is 10.8. The topological polar surface area (TPSA) is 23.8 Å². The molecule has 0 aromatic heterocycles. The number of hydrogen-bond donors (Lipinski definition) is 0. The maximum absolute atomic E-state index is 7.51. The summed E-state index contributed by atoms with van der Waals surface area (Å²) in [5, 5.41) is 7.51. The van der Waals surface area contributed by atoms with Gasteiger partial charge < -0.3 is 0 Å². The van der Waals surface area contributed by atoms with Crippen LogP contribution in [0.25, 0.3) is 0 Å². The second-order valence-electron chi connectivity index (χ2n) is 0.333. The van der Waals surface area contributed by atoms with Crippen LogP contribution in [-0.2, 0) is 0 Å². The molecule has 0 fully saturated rings. The molecule has 1 radical (unpaired) electrons. The van der Waals surface area contributed by atoms with Crippen LogP contribution in [0.2, 0.25) is 0 Å². The Bertz CT molecular complexity index is 49.2. The van der Waals surface area contributed by atoms with Crippen molar-refractivity contribution in [2.75, 3.05) is 0 Å². The Morgan fingerprint density at radius 1 is 1.80 bits per heavy atom. The van der Waals surface area contributed by atoms with E-state index < -0.39 is 0 Å². The average Bonchev–Trinajstić information content (AvgIpc) is 1.37. The molecule has 1 heteroatoms. The summed E-state index contributed by atoms with van der Waals surface area (Å²) in [6.45, 7) is 3.12. The summed E-state index contributed by atoms with van der Waals surface area (Å²) in [6, 6.07) is 1.69. The summed E-state index contributed by atoms with van der Waals surface area (Å²) in [4.78, 5) is 0. The monoisotopic (exact) mass is 68.1 g/mol. The lowest BCUT2D eigenvalue weighted by Gasteiger charge is -1.31. The van der Waals surface area contributed by atoms with Gasteiger partial charge in [-0.25, -0.2) is 0 Å². The van der Waals surface area contributed by atoms with E-state index in [4.69, 9.17) is 5.26 Å². The molecule has 0 aliphatic heterocycles. The van der Waals surface area contributed by atoms with Gasteiger partial charge in [0.05, 0.1) is 6.07 Å². The van der Waals surface area contributed by atoms with Gasteiger partial charge in [-0.15, -0.1) is 0 Å².